The van der Waals surface area contributed by atoms with Crippen molar-refractivity contribution >= 4 is 0 Å². The molecule has 1 aliphatic heterocycles. The Morgan fingerprint density at radius 3 is 2.14 bits per heavy atom. The Kier molecular flexibility index (Phi) is 4.60. The van der Waals surface area contributed by atoms with Gasteiger partial charge < -0.3 is 5.11 Å². The number of hydrogen-bond donors (Lipinski definition) is 1. The molecule has 5 heteroatoms. The summed E-state index contributed by atoms with van der Waals surface area (Å²) < 4.78 is 39.1. The van der Waals surface area contributed by atoms with E-state index in [-0.39, 0.29) is 12.0 Å². The van der Waals surface area contributed by atoms with Gasteiger partial charge in [-0.3, -0.25) is 4.90 Å². The number of aliphatic hydroxyl groups is 1. The Morgan fingerprint density at radius 2 is 1.64 bits per heavy atom. The van der Waals surface area contributed by atoms with E-state index in [0.717, 1.165) is 6.07 Å². The molecule has 124 valence electrons. The molecule has 0 aliphatic carbocycles. The largest absolute Gasteiger partial charge is 0.416 e. The van der Waals surface area contributed by atoms with Crippen LogP contribution in [0.4, 0.5) is 13.2 Å². The molecule has 1 heterocycles. The van der Waals surface area contributed by atoms with E-state index in [4.69, 9.17) is 0 Å². The second-order valence-electron chi connectivity index (χ2n) is 7.21. The van der Waals surface area contributed by atoms with Crippen LogP contribution in [0, 0.1) is 5.41 Å². The summed E-state index contributed by atoms with van der Waals surface area (Å²) in [6.45, 7) is 7.50. The van der Waals surface area contributed by atoms with Crippen LogP contribution in [-0.4, -0.2) is 28.7 Å². The lowest BCUT2D eigenvalue weighted by atomic mass is 9.71. The summed E-state index contributed by atoms with van der Waals surface area (Å²) in [6.07, 6.45) is -3.14. The Morgan fingerprint density at radius 1 is 1.09 bits per heavy atom. The zero-order chi connectivity index (χ0) is 16.6. The molecule has 0 aromatic heterocycles. The van der Waals surface area contributed by atoms with Gasteiger partial charge in [0.15, 0.2) is 0 Å². The van der Waals surface area contributed by atoms with Crippen LogP contribution >= 0.6 is 0 Å². The van der Waals surface area contributed by atoms with Crippen LogP contribution < -0.4 is 0 Å². The van der Waals surface area contributed by atoms with Gasteiger partial charge in [0.25, 0.3) is 0 Å². The van der Waals surface area contributed by atoms with Gasteiger partial charge in [-0.25, -0.2) is 0 Å². The molecule has 2 rings (SSSR count). The third-order valence-electron chi connectivity index (χ3n) is 4.80. The third kappa shape index (κ3) is 3.63. The van der Waals surface area contributed by atoms with Crippen molar-refractivity contribution in [1.82, 2.24) is 4.90 Å². The van der Waals surface area contributed by atoms with Crippen molar-refractivity contribution in [3.05, 3.63) is 35.4 Å². The summed E-state index contributed by atoms with van der Waals surface area (Å²) in [5.41, 5.74) is -1.22. The summed E-state index contributed by atoms with van der Waals surface area (Å²) in [6, 6.07) is 5.72. The Bertz CT molecular complexity index is 511. The predicted molar refractivity (Wildman–Crippen MR) is 80.4 cm³/mol. The first-order valence-corrected chi connectivity index (χ1v) is 7.63. The molecule has 1 aromatic carbocycles. The van der Waals surface area contributed by atoms with Crippen LogP contribution in [0.1, 0.15) is 44.7 Å². The highest BCUT2D eigenvalue weighted by molar-refractivity contribution is 5.29. The van der Waals surface area contributed by atoms with E-state index in [2.05, 4.69) is 0 Å². The Labute approximate surface area is 129 Å². The average Bonchev–Trinajstić information content (AvgIpc) is 2.40. The third-order valence-corrected chi connectivity index (χ3v) is 4.80. The molecule has 0 radical (unpaired) electrons. The monoisotopic (exact) mass is 315 g/mol. The topological polar surface area (TPSA) is 23.5 Å². The predicted octanol–water partition coefficient (Wildman–Crippen LogP) is 4.08. The maximum atomic E-state index is 13.0. The van der Waals surface area contributed by atoms with E-state index in [1.165, 1.54) is 12.1 Å². The highest BCUT2D eigenvalue weighted by Crippen LogP contribution is 2.39. The van der Waals surface area contributed by atoms with Crippen LogP contribution in [0.3, 0.4) is 0 Å². The highest BCUT2D eigenvalue weighted by atomic mass is 19.4. The number of benzene rings is 1. The van der Waals surface area contributed by atoms with E-state index < -0.39 is 17.3 Å². The molecule has 0 amide bonds. The molecule has 0 unspecified atom stereocenters. The van der Waals surface area contributed by atoms with Crippen molar-refractivity contribution in [3.8, 4) is 0 Å². The maximum Gasteiger partial charge on any atom is 0.416 e. The van der Waals surface area contributed by atoms with Crippen molar-refractivity contribution in [2.45, 2.75) is 51.9 Å². The molecule has 0 atom stereocenters. The number of likely N-dealkylation sites (tertiary alicyclic amines) is 1. The molecular weight excluding hydrogens is 291 g/mol. The minimum atomic E-state index is -4.32. The van der Waals surface area contributed by atoms with Crippen molar-refractivity contribution in [2.24, 2.45) is 5.41 Å². The van der Waals surface area contributed by atoms with E-state index in [0.29, 0.717) is 31.5 Å². The number of piperidine rings is 1. The number of nitrogens with zero attached hydrogens (tertiary/aromatic N) is 1. The molecule has 0 saturated carbocycles. The van der Waals surface area contributed by atoms with Gasteiger partial charge in [-0.1, -0.05) is 39.0 Å². The standard InChI is InChI=1S/C17H24F3NO/c1-15(2,3)16(22)8-10-21(11-9-16)12-13-6-4-5-7-14(13)17(18,19)20/h4-7,22H,8-12H2,1-3H3. The molecule has 2 nitrogen and oxygen atoms in total. The zero-order valence-electron chi connectivity index (χ0n) is 13.4. The molecule has 1 aromatic rings. The van der Waals surface area contributed by atoms with Crippen molar-refractivity contribution < 1.29 is 18.3 Å². The summed E-state index contributed by atoms with van der Waals surface area (Å²) in [5, 5.41) is 10.7. The van der Waals surface area contributed by atoms with E-state index >= 15 is 0 Å². The van der Waals surface area contributed by atoms with Gasteiger partial charge in [-0.2, -0.15) is 13.2 Å². The summed E-state index contributed by atoms with van der Waals surface area (Å²) in [4.78, 5) is 1.99. The van der Waals surface area contributed by atoms with Gasteiger partial charge in [0.2, 0.25) is 0 Å². The quantitative estimate of drug-likeness (QED) is 0.889. The Hall–Kier alpha value is -1.07. The number of halogens is 3. The van der Waals surface area contributed by atoms with Crippen LogP contribution in [0.2, 0.25) is 0 Å². The van der Waals surface area contributed by atoms with Crippen molar-refractivity contribution in [3.63, 3.8) is 0 Å². The Balaban J connectivity index is 2.06. The molecule has 22 heavy (non-hydrogen) atoms. The second kappa shape index (κ2) is 5.85. The van der Waals surface area contributed by atoms with Crippen LogP contribution in [0.5, 0.6) is 0 Å². The van der Waals surface area contributed by atoms with Gasteiger partial charge in [0.1, 0.15) is 0 Å². The smallest absolute Gasteiger partial charge is 0.389 e. The number of hydrogen-bond acceptors (Lipinski definition) is 2. The summed E-state index contributed by atoms with van der Waals surface area (Å²) in [7, 11) is 0. The first-order chi connectivity index (χ1) is 10.0. The van der Waals surface area contributed by atoms with Crippen molar-refractivity contribution in [1.29, 1.82) is 0 Å². The van der Waals surface area contributed by atoms with Gasteiger partial charge in [0.05, 0.1) is 11.2 Å². The molecular formula is C17H24F3NO. The number of rotatable bonds is 2. The number of alkyl halides is 3. The van der Waals surface area contributed by atoms with Gasteiger partial charge >= 0.3 is 6.18 Å². The fraction of sp³-hybridized carbons (Fsp3) is 0.647. The van der Waals surface area contributed by atoms with Crippen LogP contribution in [-0.2, 0) is 12.7 Å². The SMILES string of the molecule is CC(C)(C)C1(O)CCN(Cc2ccccc2C(F)(F)F)CC1. The first-order valence-electron chi connectivity index (χ1n) is 7.63. The minimum Gasteiger partial charge on any atom is -0.389 e. The van der Waals surface area contributed by atoms with Crippen LogP contribution in [0.25, 0.3) is 0 Å². The normalized spacial score (nSPS) is 20.1. The summed E-state index contributed by atoms with van der Waals surface area (Å²) in [5.74, 6) is 0. The van der Waals surface area contributed by atoms with E-state index in [1.807, 2.05) is 25.7 Å². The maximum absolute atomic E-state index is 13.0. The lowest BCUT2D eigenvalue weighted by molar-refractivity contribution is -0.138. The van der Waals surface area contributed by atoms with E-state index in [1.54, 1.807) is 6.07 Å². The lowest BCUT2D eigenvalue weighted by Gasteiger charge is -2.46. The molecule has 1 fully saturated rings. The van der Waals surface area contributed by atoms with E-state index in [9.17, 15) is 18.3 Å². The lowest BCUT2D eigenvalue weighted by Crippen LogP contribution is -2.51. The second-order valence-corrected chi connectivity index (χ2v) is 7.21. The van der Waals surface area contributed by atoms with Crippen LogP contribution in [0.15, 0.2) is 24.3 Å². The van der Waals surface area contributed by atoms with Gasteiger partial charge in [-0.15, -0.1) is 0 Å². The zero-order valence-corrected chi connectivity index (χ0v) is 13.4. The summed E-state index contributed by atoms with van der Waals surface area (Å²) >= 11 is 0. The van der Waals surface area contributed by atoms with Gasteiger partial charge in [0, 0.05) is 19.6 Å². The minimum absolute atomic E-state index is 0.219. The molecule has 1 N–H and O–H groups in total. The molecule has 0 bridgehead atoms. The van der Waals surface area contributed by atoms with Gasteiger partial charge in [-0.05, 0) is 29.9 Å². The highest BCUT2D eigenvalue weighted by Gasteiger charge is 2.42. The fourth-order valence-corrected chi connectivity index (χ4v) is 3.01. The van der Waals surface area contributed by atoms with Crippen molar-refractivity contribution in [2.75, 3.05) is 13.1 Å². The molecule has 1 saturated heterocycles. The molecule has 1 aliphatic rings. The average molecular weight is 315 g/mol. The molecule has 0 spiro atoms. The first kappa shape index (κ1) is 17.3. The fourth-order valence-electron chi connectivity index (χ4n) is 3.01.